The van der Waals surface area contributed by atoms with Crippen molar-refractivity contribution in [2.24, 2.45) is 0 Å². The van der Waals surface area contributed by atoms with Crippen molar-refractivity contribution in [3.63, 3.8) is 0 Å². The lowest BCUT2D eigenvalue weighted by Gasteiger charge is -2.07. The van der Waals surface area contributed by atoms with E-state index in [9.17, 15) is 9.59 Å². The number of benzene rings is 1. The minimum atomic E-state index is -1.06. The molecule has 0 fully saturated rings. The normalized spacial score (nSPS) is 10.1. The Hall–Kier alpha value is -2.21. The molecule has 0 saturated heterocycles. The number of halogens is 1. The predicted octanol–water partition coefficient (Wildman–Crippen LogP) is 2.72. The average molecular weight is 335 g/mol. The lowest BCUT2D eigenvalue weighted by Crippen LogP contribution is -2.15. The highest BCUT2D eigenvalue weighted by Gasteiger charge is 2.11. The molecule has 0 aliphatic rings. The Kier molecular flexibility index (Phi) is 4.47. The number of amides is 1. The van der Waals surface area contributed by atoms with Gasteiger partial charge in [0.25, 0.3) is 0 Å². The van der Waals surface area contributed by atoms with Crippen LogP contribution in [0.1, 0.15) is 16.1 Å². The molecule has 2 N–H and O–H groups in total. The molecule has 6 heteroatoms. The molecule has 0 radical (unpaired) electrons. The summed E-state index contributed by atoms with van der Waals surface area (Å²) in [5, 5.41) is 11.7. The first-order valence-electron chi connectivity index (χ1n) is 5.79. The van der Waals surface area contributed by atoms with Gasteiger partial charge in [0.15, 0.2) is 0 Å². The van der Waals surface area contributed by atoms with Crippen LogP contribution in [0.15, 0.2) is 47.1 Å². The van der Waals surface area contributed by atoms with Crippen LogP contribution in [0, 0.1) is 0 Å². The molecule has 1 aromatic heterocycles. The molecule has 0 saturated carbocycles. The molecule has 0 spiro atoms. The fourth-order valence-electron chi connectivity index (χ4n) is 1.64. The summed E-state index contributed by atoms with van der Waals surface area (Å²) in [6.45, 7) is 0. The summed E-state index contributed by atoms with van der Waals surface area (Å²) in [6.07, 6.45) is 1.75. The molecule has 0 unspecified atom stereocenters. The standard InChI is InChI=1S/C14H11BrN2O3/c15-12-5-4-10(7-11(12)14(19)20)17-13(18)8-9-3-1-2-6-16-9/h1-7H,8H2,(H,17,18)(H,19,20). The molecular weight excluding hydrogens is 324 g/mol. The zero-order valence-corrected chi connectivity index (χ0v) is 11.9. The summed E-state index contributed by atoms with van der Waals surface area (Å²) in [6, 6.07) is 9.95. The fraction of sp³-hybridized carbons (Fsp3) is 0.0714. The number of nitrogens with one attached hydrogen (secondary N) is 1. The van der Waals surface area contributed by atoms with E-state index in [1.807, 2.05) is 0 Å². The van der Waals surface area contributed by atoms with Crippen LogP contribution in [0.5, 0.6) is 0 Å². The van der Waals surface area contributed by atoms with Crippen LogP contribution < -0.4 is 5.32 Å². The van der Waals surface area contributed by atoms with Gasteiger partial charge in [-0.05, 0) is 46.3 Å². The van der Waals surface area contributed by atoms with Crippen molar-refractivity contribution >= 4 is 33.5 Å². The number of hydrogen-bond donors (Lipinski definition) is 2. The molecule has 2 rings (SSSR count). The predicted molar refractivity (Wildman–Crippen MR) is 77.7 cm³/mol. The minimum Gasteiger partial charge on any atom is -0.478 e. The largest absolute Gasteiger partial charge is 0.478 e. The first-order valence-corrected chi connectivity index (χ1v) is 6.58. The van der Waals surface area contributed by atoms with Crippen molar-refractivity contribution < 1.29 is 14.7 Å². The van der Waals surface area contributed by atoms with Crippen molar-refractivity contribution in [3.05, 3.63) is 58.3 Å². The van der Waals surface area contributed by atoms with Crippen molar-refractivity contribution in [3.8, 4) is 0 Å². The molecule has 5 nitrogen and oxygen atoms in total. The number of pyridine rings is 1. The summed E-state index contributed by atoms with van der Waals surface area (Å²) in [7, 11) is 0. The van der Waals surface area contributed by atoms with E-state index in [0.717, 1.165) is 0 Å². The Bertz CT molecular complexity index is 644. The SMILES string of the molecule is O=C(Cc1ccccn1)Nc1ccc(Br)c(C(=O)O)c1. The highest BCUT2D eigenvalue weighted by atomic mass is 79.9. The number of aromatic carboxylic acids is 1. The molecule has 1 aromatic carbocycles. The Balaban J connectivity index is 2.08. The third-order valence-corrected chi connectivity index (χ3v) is 3.24. The molecule has 0 atom stereocenters. The highest BCUT2D eigenvalue weighted by Crippen LogP contribution is 2.21. The summed E-state index contributed by atoms with van der Waals surface area (Å²) in [5.41, 5.74) is 1.19. The summed E-state index contributed by atoms with van der Waals surface area (Å²) >= 11 is 3.15. The van der Waals surface area contributed by atoms with E-state index in [2.05, 4.69) is 26.2 Å². The lowest BCUT2D eigenvalue weighted by atomic mass is 10.2. The van der Waals surface area contributed by atoms with E-state index < -0.39 is 5.97 Å². The maximum absolute atomic E-state index is 11.8. The first kappa shape index (κ1) is 14.2. The van der Waals surface area contributed by atoms with Crippen LogP contribution >= 0.6 is 15.9 Å². The molecule has 1 heterocycles. The van der Waals surface area contributed by atoms with E-state index in [1.165, 1.54) is 6.07 Å². The van der Waals surface area contributed by atoms with E-state index in [-0.39, 0.29) is 17.9 Å². The van der Waals surface area contributed by atoms with Gasteiger partial charge >= 0.3 is 5.97 Å². The number of nitrogens with zero attached hydrogens (tertiary/aromatic N) is 1. The van der Waals surface area contributed by atoms with Gasteiger partial charge in [-0.3, -0.25) is 9.78 Å². The summed E-state index contributed by atoms with van der Waals surface area (Å²) < 4.78 is 0.465. The van der Waals surface area contributed by atoms with Gasteiger partial charge in [0.1, 0.15) is 0 Å². The van der Waals surface area contributed by atoms with E-state index in [4.69, 9.17) is 5.11 Å². The minimum absolute atomic E-state index is 0.0978. The van der Waals surface area contributed by atoms with Gasteiger partial charge in [0, 0.05) is 22.1 Å². The second-order valence-corrected chi connectivity index (χ2v) is 4.90. The molecule has 2 aromatic rings. The quantitative estimate of drug-likeness (QED) is 0.900. The Labute approximate surface area is 123 Å². The maximum Gasteiger partial charge on any atom is 0.336 e. The van der Waals surface area contributed by atoms with E-state index in [0.29, 0.717) is 15.9 Å². The fourth-order valence-corrected chi connectivity index (χ4v) is 2.06. The number of rotatable bonds is 4. The van der Waals surface area contributed by atoms with Crippen LogP contribution in [0.3, 0.4) is 0 Å². The van der Waals surface area contributed by atoms with Crippen LogP contribution in [0.2, 0.25) is 0 Å². The third kappa shape index (κ3) is 3.64. The average Bonchev–Trinajstić information content (AvgIpc) is 2.41. The molecule has 0 aliphatic heterocycles. The van der Waals surface area contributed by atoms with Gasteiger partial charge in [-0.15, -0.1) is 0 Å². The number of carboxylic acids is 1. The number of carbonyl (C=O) groups is 2. The van der Waals surface area contributed by atoms with Crippen molar-refractivity contribution in [1.82, 2.24) is 4.98 Å². The zero-order valence-electron chi connectivity index (χ0n) is 10.3. The number of hydrogen-bond acceptors (Lipinski definition) is 3. The topological polar surface area (TPSA) is 79.3 Å². The molecule has 1 amide bonds. The van der Waals surface area contributed by atoms with Gasteiger partial charge in [-0.1, -0.05) is 6.07 Å². The number of aromatic nitrogens is 1. The van der Waals surface area contributed by atoms with Gasteiger partial charge in [-0.25, -0.2) is 4.79 Å². The smallest absolute Gasteiger partial charge is 0.336 e. The first-order chi connectivity index (χ1) is 9.56. The zero-order chi connectivity index (χ0) is 14.5. The third-order valence-electron chi connectivity index (χ3n) is 2.55. The molecule has 0 aliphatic carbocycles. The van der Waals surface area contributed by atoms with E-state index in [1.54, 1.807) is 36.5 Å². The second kappa shape index (κ2) is 6.29. The monoisotopic (exact) mass is 334 g/mol. The Morgan fingerprint density at radius 3 is 2.70 bits per heavy atom. The lowest BCUT2D eigenvalue weighted by molar-refractivity contribution is -0.115. The number of carboxylic acid groups (broad SMARTS) is 1. The van der Waals surface area contributed by atoms with Crippen LogP contribution in [-0.2, 0) is 11.2 Å². The van der Waals surface area contributed by atoms with Gasteiger partial charge < -0.3 is 10.4 Å². The molecule has 20 heavy (non-hydrogen) atoms. The summed E-state index contributed by atoms with van der Waals surface area (Å²) in [5.74, 6) is -1.31. The van der Waals surface area contributed by atoms with Gasteiger partial charge in [0.05, 0.1) is 12.0 Å². The molecule has 0 bridgehead atoms. The maximum atomic E-state index is 11.8. The van der Waals surface area contributed by atoms with Crippen molar-refractivity contribution in [1.29, 1.82) is 0 Å². The molecular formula is C14H11BrN2O3. The van der Waals surface area contributed by atoms with Crippen molar-refractivity contribution in [2.75, 3.05) is 5.32 Å². The van der Waals surface area contributed by atoms with Gasteiger partial charge in [0.2, 0.25) is 5.91 Å². The van der Waals surface area contributed by atoms with Crippen molar-refractivity contribution in [2.45, 2.75) is 6.42 Å². The van der Waals surface area contributed by atoms with E-state index >= 15 is 0 Å². The number of carbonyl (C=O) groups excluding carboxylic acids is 1. The van der Waals surface area contributed by atoms with Crippen LogP contribution in [0.4, 0.5) is 5.69 Å². The van der Waals surface area contributed by atoms with Crippen LogP contribution in [0.25, 0.3) is 0 Å². The highest BCUT2D eigenvalue weighted by molar-refractivity contribution is 9.10. The Morgan fingerprint density at radius 2 is 2.05 bits per heavy atom. The summed E-state index contributed by atoms with van der Waals surface area (Å²) in [4.78, 5) is 26.9. The van der Waals surface area contributed by atoms with Crippen LogP contribution in [-0.4, -0.2) is 22.0 Å². The second-order valence-electron chi connectivity index (χ2n) is 4.05. The Morgan fingerprint density at radius 1 is 1.25 bits per heavy atom. The van der Waals surface area contributed by atoms with Gasteiger partial charge in [-0.2, -0.15) is 0 Å². The molecule has 102 valence electrons. The number of anilines is 1.